The molecule has 0 aliphatic heterocycles. The van der Waals surface area contributed by atoms with Crippen LogP contribution in [0.2, 0.25) is 0 Å². The van der Waals surface area contributed by atoms with E-state index in [1.807, 2.05) is 23.5 Å². The van der Waals surface area contributed by atoms with Crippen molar-refractivity contribution in [3.63, 3.8) is 0 Å². The maximum Gasteiger partial charge on any atom is 0.0480 e. The van der Waals surface area contributed by atoms with Crippen molar-refractivity contribution in [2.24, 2.45) is 0 Å². The van der Waals surface area contributed by atoms with E-state index in [9.17, 15) is 0 Å². The molecule has 2 heterocycles. The van der Waals surface area contributed by atoms with Crippen molar-refractivity contribution in [3.05, 3.63) is 59.3 Å². The van der Waals surface area contributed by atoms with Crippen LogP contribution in [-0.2, 0) is 12.8 Å². The molecule has 0 aromatic carbocycles. The van der Waals surface area contributed by atoms with Gasteiger partial charge in [-0.3, -0.25) is 0 Å². The molecule has 0 atom stereocenters. The molecule has 0 aliphatic rings. The lowest BCUT2D eigenvalue weighted by Gasteiger charge is -2.02. The zero-order valence-corrected chi connectivity index (χ0v) is 10.7. The smallest absolute Gasteiger partial charge is 0.0480 e. The molecule has 2 heteroatoms. The van der Waals surface area contributed by atoms with E-state index in [-0.39, 0.29) is 0 Å². The highest BCUT2D eigenvalue weighted by Gasteiger charge is 2.11. The summed E-state index contributed by atoms with van der Waals surface area (Å²) in [7, 11) is 0. The highest BCUT2D eigenvalue weighted by Crippen LogP contribution is 2.36. The van der Waals surface area contributed by atoms with E-state index < -0.39 is 0 Å². The van der Waals surface area contributed by atoms with Gasteiger partial charge in [-0.05, 0) is 40.8 Å². The molecule has 0 nitrogen and oxygen atoms in total. The van der Waals surface area contributed by atoms with Crippen LogP contribution in [0.5, 0.6) is 0 Å². The molecule has 0 spiro atoms. The predicted octanol–water partition coefficient (Wildman–Crippen LogP) is 4.93. The molecular weight excluding hydrogens is 232 g/mol. The minimum Gasteiger partial charge on any atom is -0.143 e. The summed E-state index contributed by atoms with van der Waals surface area (Å²) in [6.07, 6.45) is 5.84. The van der Waals surface area contributed by atoms with Crippen LogP contribution in [0.3, 0.4) is 0 Å². The molecule has 2 aromatic heterocycles. The van der Waals surface area contributed by atoms with Crippen LogP contribution in [-0.4, -0.2) is 0 Å². The Morgan fingerprint density at radius 3 is 2.56 bits per heavy atom. The second-order valence-electron chi connectivity index (χ2n) is 3.53. The highest BCUT2D eigenvalue weighted by atomic mass is 32.1. The Labute approximate surface area is 105 Å². The van der Waals surface area contributed by atoms with Gasteiger partial charge in [-0.1, -0.05) is 18.2 Å². The summed E-state index contributed by atoms with van der Waals surface area (Å²) in [5.74, 6) is 0. The van der Waals surface area contributed by atoms with Gasteiger partial charge in [0.25, 0.3) is 0 Å². The van der Waals surface area contributed by atoms with Gasteiger partial charge < -0.3 is 0 Å². The third kappa shape index (κ3) is 2.18. The van der Waals surface area contributed by atoms with Crippen molar-refractivity contribution in [2.75, 3.05) is 0 Å². The van der Waals surface area contributed by atoms with Gasteiger partial charge in [-0.25, -0.2) is 0 Å². The van der Waals surface area contributed by atoms with E-state index in [1.54, 1.807) is 11.3 Å². The molecule has 0 amide bonds. The topological polar surface area (TPSA) is 0 Å². The van der Waals surface area contributed by atoms with Gasteiger partial charge in [0.15, 0.2) is 0 Å². The van der Waals surface area contributed by atoms with Crippen LogP contribution in [0.1, 0.15) is 11.1 Å². The second kappa shape index (κ2) is 5.28. The Bertz CT molecular complexity index is 475. The number of hydrogen-bond donors (Lipinski definition) is 0. The number of allylic oxidation sites excluding steroid dienone is 2. The molecule has 0 fully saturated rings. The maximum atomic E-state index is 3.84. The Hall–Kier alpha value is -1.12. The van der Waals surface area contributed by atoms with E-state index in [4.69, 9.17) is 0 Å². The third-order valence-electron chi connectivity index (χ3n) is 2.44. The SMILES string of the molecule is C=CCc1csc(-c2cccs2)c1CC=C. The van der Waals surface area contributed by atoms with Crippen molar-refractivity contribution in [1.82, 2.24) is 0 Å². The fourth-order valence-corrected chi connectivity index (χ4v) is 3.75. The van der Waals surface area contributed by atoms with Crippen molar-refractivity contribution in [3.8, 4) is 9.75 Å². The predicted molar refractivity (Wildman–Crippen MR) is 75.4 cm³/mol. The largest absolute Gasteiger partial charge is 0.143 e. The van der Waals surface area contributed by atoms with Crippen LogP contribution in [0.25, 0.3) is 9.75 Å². The summed E-state index contributed by atoms with van der Waals surface area (Å²) >= 11 is 3.63. The Balaban J connectivity index is 2.45. The fourth-order valence-electron chi connectivity index (χ4n) is 1.73. The lowest BCUT2D eigenvalue weighted by atomic mass is 10.0. The fraction of sp³-hybridized carbons (Fsp3) is 0.143. The number of rotatable bonds is 5. The van der Waals surface area contributed by atoms with Crippen LogP contribution in [0.15, 0.2) is 48.2 Å². The average Bonchev–Trinajstić information content (AvgIpc) is 2.89. The monoisotopic (exact) mass is 246 g/mol. The Morgan fingerprint density at radius 1 is 1.12 bits per heavy atom. The van der Waals surface area contributed by atoms with Gasteiger partial charge in [0.2, 0.25) is 0 Å². The van der Waals surface area contributed by atoms with Gasteiger partial charge in [-0.2, -0.15) is 0 Å². The summed E-state index contributed by atoms with van der Waals surface area (Å²) in [6.45, 7) is 7.65. The number of thiophene rings is 2. The molecule has 0 radical (unpaired) electrons. The highest BCUT2D eigenvalue weighted by molar-refractivity contribution is 7.20. The van der Waals surface area contributed by atoms with E-state index >= 15 is 0 Å². The second-order valence-corrected chi connectivity index (χ2v) is 5.36. The standard InChI is InChI=1S/C14H14S2/c1-3-6-11-10-16-14(12(11)7-4-2)13-8-5-9-15-13/h3-5,8-10H,1-2,6-7H2. The van der Waals surface area contributed by atoms with E-state index in [2.05, 4.69) is 36.1 Å². The maximum absolute atomic E-state index is 3.84. The van der Waals surface area contributed by atoms with E-state index in [0.717, 1.165) is 12.8 Å². The molecule has 0 unspecified atom stereocenters. The van der Waals surface area contributed by atoms with Crippen LogP contribution in [0, 0.1) is 0 Å². The van der Waals surface area contributed by atoms with Crippen LogP contribution in [0.4, 0.5) is 0 Å². The first-order valence-electron chi connectivity index (χ1n) is 5.21. The van der Waals surface area contributed by atoms with Gasteiger partial charge in [0.1, 0.15) is 0 Å². The van der Waals surface area contributed by atoms with E-state index in [0.29, 0.717) is 0 Å². The molecule has 82 valence electrons. The zero-order chi connectivity index (χ0) is 11.4. The molecule has 2 rings (SSSR count). The normalized spacial score (nSPS) is 10.2. The van der Waals surface area contributed by atoms with Crippen LogP contribution >= 0.6 is 22.7 Å². The summed E-state index contributed by atoms with van der Waals surface area (Å²) in [6, 6.07) is 4.28. The molecule has 2 aromatic rings. The summed E-state index contributed by atoms with van der Waals surface area (Å²) in [4.78, 5) is 2.75. The molecular formula is C14H14S2. The molecule has 0 aliphatic carbocycles. The lowest BCUT2D eigenvalue weighted by Crippen LogP contribution is -1.87. The Kier molecular flexibility index (Phi) is 3.75. The summed E-state index contributed by atoms with van der Waals surface area (Å²) in [5.41, 5.74) is 2.81. The van der Waals surface area contributed by atoms with Crippen LogP contribution < -0.4 is 0 Å². The van der Waals surface area contributed by atoms with Crippen molar-refractivity contribution in [1.29, 1.82) is 0 Å². The quantitative estimate of drug-likeness (QED) is 0.656. The lowest BCUT2D eigenvalue weighted by molar-refractivity contribution is 1.19. The summed E-state index contributed by atoms with van der Waals surface area (Å²) < 4.78 is 0. The average molecular weight is 246 g/mol. The zero-order valence-electron chi connectivity index (χ0n) is 9.11. The Morgan fingerprint density at radius 2 is 1.94 bits per heavy atom. The molecule has 0 N–H and O–H groups in total. The first kappa shape index (κ1) is 11.4. The van der Waals surface area contributed by atoms with Gasteiger partial charge >= 0.3 is 0 Å². The van der Waals surface area contributed by atoms with Crippen molar-refractivity contribution in [2.45, 2.75) is 12.8 Å². The molecule has 0 saturated carbocycles. The van der Waals surface area contributed by atoms with Gasteiger partial charge in [0, 0.05) is 9.75 Å². The third-order valence-corrected chi connectivity index (χ3v) is 4.56. The minimum atomic E-state index is 0.944. The number of hydrogen-bond acceptors (Lipinski definition) is 2. The van der Waals surface area contributed by atoms with Crippen molar-refractivity contribution >= 4 is 22.7 Å². The molecule has 16 heavy (non-hydrogen) atoms. The van der Waals surface area contributed by atoms with Gasteiger partial charge in [-0.15, -0.1) is 35.8 Å². The minimum absolute atomic E-state index is 0.944. The summed E-state index contributed by atoms with van der Waals surface area (Å²) in [5, 5.41) is 4.37. The van der Waals surface area contributed by atoms with E-state index in [1.165, 1.54) is 20.9 Å². The molecule has 0 bridgehead atoms. The molecule has 0 saturated heterocycles. The van der Waals surface area contributed by atoms with Crippen molar-refractivity contribution < 1.29 is 0 Å². The first-order valence-corrected chi connectivity index (χ1v) is 6.97. The first-order chi connectivity index (χ1) is 7.86. The van der Waals surface area contributed by atoms with Gasteiger partial charge in [0.05, 0.1) is 0 Å².